The highest BCUT2D eigenvalue weighted by molar-refractivity contribution is 8.00. The third-order valence-corrected chi connectivity index (χ3v) is 5.18. The molecule has 0 saturated carbocycles. The van der Waals surface area contributed by atoms with Gasteiger partial charge in [-0.1, -0.05) is 20.8 Å². The summed E-state index contributed by atoms with van der Waals surface area (Å²) in [6, 6.07) is 13.8. The van der Waals surface area contributed by atoms with Crippen LogP contribution in [0, 0.1) is 5.41 Å². The molecule has 0 atom stereocenters. The summed E-state index contributed by atoms with van der Waals surface area (Å²) in [7, 11) is 0. The molecule has 2 aromatic rings. The number of benzene rings is 2. The van der Waals surface area contributed by atoms with Crippen molar-refractivity contribution in [3.05, 3.63) is 42.5 Å². The van der Waals surface area contributed by atoms with Crippen LogP contribution in [-0.4, -0.2) is 36.9 Å². The Kier molecular flexibility index (Phi) is 8.74. The zero-order valence-corrected chi connectivity index (χ0v) is 19.2. The summed E-state index contributed by atoms with van der Waals surface area (Å²) in [6.45, 7) is 11.7. The molecular weight excluding hydrogens is 396 g/mol. The standard InChI is InChI=1S/C23H32N4O2S/c1-6-24-20-13-10-18(14-21(20)25-16-23(3,4)5)27(7-2)30-19-11-8-17(9-12-19)26-22(29)15-28/h8-14,16,24,28H,6-7,15H2,1-5H3,(H,26,29). The zero-order valence-electron chi connectivity index (χ0n) is 18.4. The lowest BCUT2D eigenvalue weighted by atomic mass is 9.99. The van der Waals surface area contributed by atoms with Gasteiger partial charge in [-0.15, -0.1) is 0 Å². The minimum Gasteiger partial charge on any atom is -0.387 e. The highest BCUT2D eigenvalue weighted by Gasteiger charge is 2.12. The fourth-order valence-electron chi connectivity index (χ4n) is 2.61. The van der Waals surface area contributed by atoms with E-state index in [1.807, 2.05) is 30.5 Å². The molecule has 30 heavy (non-hydrogen) atoms. The van der Waals surface area contributed by atoms with E-state index in [4.69, 9.17) is 10.1 Å². The number of amides is 1. The largest absolute Gasteiger partial charge is 0.387 e. The van der Waals surface area contributed by atoms with E-state index in [-0.39, 0.29) is 5.41 Å². The van der Waals surface area contributed by atoms with Crippen molar-refractivity contribution in [2.75, 3.05) is 34.6 Å². The van der Waals surface area contributed by atoms with Gasteiger partial charge in [-0.25, -0.2) is 0 Å². The number of nitrogens with zero attached hydrogens (tertiary/aromatic N) is 2. The summed E-state index contributed by atoms with van der Waals surface area (Å²) in [6.07, 6.45) is 1.98. The smallest absolute Gasteiger partial charge is 0.250 e. The summed E-state index contributed by atoms with van der Waals surface area (Å²) in [5.74, 6) is -0.422. The number of aliphatic hydroxyl groups is 1. The van der Waals surface area contributed by atoms with Gasteiger partial charge in [-0.3, -0.25) is 9.79 Å². The van der Waals surface area contributed by atoms with Crippen LogP contribution in [-0.2, 0) is 4.79 Å². The number of aliphatic hydroxyl groups excluding tert-OH is 1. The molecule has 0 unspecified atom stereocenters. The van der Waals surface area contributed by atoms with Gasteiger partial charge in [0.25, 0.3) is 0 Å². The number of carbonyl (C=O) groups is 1. The first-order valence-electron chi connectivity index (χ1n) is 10.1. The molecule has 1 amide bonds. The Hall–Kier alpha value is -2.51. The normalized spacial score (nSPS) is 11.5. The summed E-state index contributed by atoms with van der Waals surface area (Å²) in [4.78, 5) is 17.1. The number of nitrogens with one attached hydrogen (secondary N) is 2. The predicted molar refractivity (Wildman–Crippen MR) is 129 cm³/mol. The lowest BCUT2D eigenvalue weighted by Gasteiger charge is -2.23. The monoisotopic (exact) mass is 428 g/mol. The lowest BCUT2D eigenvalue weighted by molar-refractivity contribution is -0.118. The second-order valence-corrected chi connectivity index (χ2v) is 8.97. The maximum Gasteiger partial charge on any atom is 0.250 e. The van der Waals surface area contributed by atoms with Crippen LogP contribution >= 0.6 is 11.9 Å². The van der Waals surface area contributed by atoms with E-state index in [1.54, 1.807) is 11.9 Å². The molecule has 6 nitrogen and oxygen atoms in total. The third kappa shape index (κ3) is 7.39. The van der Waals surface area contributed by atoms with Gasteiger partial charge in [0.1, 0.15) is 6.61 Å². The number of anilines is 3. The number of aliphatic imine (C=N–C) groups is 1. The van der Waals surface area contributed by atoms with Crippen LogP contribution in [0.2, 0.25) is 0 Å². The Morgan fingerprint density at radius 2 is 1.87 bits per heavy atom. The Morgan fingerprint density at radius 3 is 2.43 bits per heavy atom. The Balaban J connectivity index is 2.22. The fourth-order valence-corrected chi connectivity index (χ4v) is 3.47. The molecule has 0 fully saturated rings. The van der Waals surface area contributed by atoms with Crippen LogP contribution in [0.5, 0.6) is 0 Å². The fraction of sp³-hybridized carbons (Fsp3) is 0.391. The summed E-state index contributed by atoms with van der Waals surface area (Å²) in [5.41, 5.74) is 3.68. The van der Waals surface area contributed by atoms with Crippen molar-refractivity contribution in [3.63, 3.8) is 0 Å². The van der Waals surface area contributed by atoms with Crippen LogP contribution < -0.4 is 14.9 Å². The SMILES string of the molecule is CCNc1ccc(N(CC)Sc2ccc(NC(=O)CO)cc2)cc1N=CC(C)(C)C. The molecule has 0 spiro atoms. The molecule has 0 aliphatic carbocycles. The molecule has 0 aliphatic rings. The van der Waals surface area contributed by atoms with E-state index < -0.39 is 12.5 Å². The van der Waals surface area contributed by atoms with Gasteiger partial charge in [0.05, 0.1) is 11.4 Å². The van der Waals surface area contributed by atoms with Crippen LogP contribution in [0.4, 0.5) is 22.7 Å². The minimum atomic E-state index is -0.525. The van der Waals surface area contributed by atoms with Gasteiger partial charge < -0.3 is 20.0 Å². The van der Waals surface area contributed by atoms with Crippen LogP contribution in [0.3, 0.4) is 0 Å². The van der Waals surface area contributed by atoms with E-state index in [2.05, 4.69) is 67.8 Å². The van der Waals surface area contributed by atoms with Crippen molar-refractivity contribution in [1.82, 2.24) is 0 Å². The van der Waals surface area contributed by atoms with E-state index in [9.17, 15) is 4.79 Å². The molecule has 162 valence electrons. The molecule has 7 heteroatoms. The van der Waals surface area contributed by atoms with Crippen LogP contribution in [0.15, 0.2) is 52.4 Å². The molecule has 0 heterocycles. The lowest BCUT2D eigenvalue weighted by Crippen LogP contribution is -2.15. The first kappa shape index (κ1) is 23.8. The second-order valence-electron chi connectivity index (χ2n) is 7.87. The first-order valence-corrected chi connectivity index (χ1v) is 10.9. The van der Waals surface area contributed by atoms with Crippen LogP contribution in [0.25, 0.3) is 0 Å². The first-order chi connectivity index (χ1) is 14.3. The number of hydrogen-bond donors (Lipinski definition) is 3. The van der Waals surface area contributed by atoms with Gasteiger partial charge in [-0.2, -0.15) is 0 Å². The molecule has 3 N–H and O–H groups in total. The van der Waals surface area contributed by atoms with Crippen molar-refractivity contribution >= 4 is 46.8 Å². The molecular formula is C23H32N4O2S. The Labute approximate surface area is 183 Å². The second kappa shape index (κ2) is 11.0. The minimum absolute atomic E-state index is 0.00583. The average molecular weight is 429 g/mol. The molecule has 2 aromatic carbocycles. The molecule has 0 saturated heterocycles. The molecule has 2 rings (SSSR count). The van der Waals surface area contributed by atoms with Crippen molar-refractivity contribution in [2.24, 2.45) is 10.4 Å². The zero-order chi connectivity index (χ0) is 22.1. The third-order valence-electron chi connectivity index (χ3n) is 4.01. The summed E-state index contributed by atoms with van der Waals surface area (Å²) < 4.78 is 2.20. The molecule has 0 aromatic heterocycles. The molecule has 0 radical (unpaired) electrons. The summed E-state index contributed by atoms with van der Waals surface area (Å²) >= 11 is 1.63. The number of rotatable bonds is 9. The van der Waals surface area contributed by atoms with Crippen molar-refractivity contribution in [1.29, 1.82) is 0 Å². The molecule has 0 bridgehead atoms. The van der Waals surface area contributed by atoms with E-state index >= 15 is 0 Å². The quantitative estimate of drug-likeness (QED) is 0.372. The Bertz CT molecular complexity index is 860. The Morgan fingerprint density at radius 1 is 1.17 bits per heavy atom. The maximum absolute atomic E-state index is 11.3. The van der Waals surface area contributed by atoms with E-state index in [0.717, 1.165) is 35.0 Å². The highest BCUT2D eigenvalue weighted by atomic mass is 32.2. The van der Waals surface area contributed by atoms with E-state index in [1.165, 1.54) is 0 Å². The van der Waals surface area contributed by atoms with Gasteiger partial charge in [0.2, 0.25) is 5.91 Å². The van der Waals surface area contributed by atoms with Crippen LogP contribution in [0.1, 0.15) is 34.6 Å². The molecule has 0 aliphatic heterocycles. The van der Waals surface area contributed by atoms with Gasteiger partial charge in [-0.05, 0) is 73.7 Å². The van der Waals surface area contributed by atoms with Crippen molar-refractivity contribution in [2.45, 2.75) is 39.5 Å². The summed E-state index contributed by atoms with van der Waals surface area (Å²) in [5, 5.41) is 14.9. The highest BCUT2D eigenvalue weighted by Crippen LogP contribution is 2.35. The van der Waals surface area contributed by atoms with Gasteiger partial charge in [0, 0.05) is 35.6 Å². The maximum atomic E-state index is 11.3. The van der Waals surface area contributed by atoms with E-state index in [0.29, 0.717) is 5.69 Å². The van der Waals surface area contributed by atoms with Gasteiger partial charge in [0.15, 0.2) is 0 Å². The average Bonchev–Trinajstić information content (AvgIpc) is 2.72. The number of hydrogen-bond acceptors (Lipinski definition) is 6. The van der Waals surface area contributed by atoms with Crippen molar-refractivity contribution < 1.29 is 9.90 Å². The predicted octanol–water partition coefficient (Wildman–Crippen LogP) is 5.33. The topological polar surface area (TPSA) is 77.0 Å². The van der Waals surface area contributed by atoms with Crippen molar-refractivity contribution in [3.8, 4) is 0 Å². The number of carbonyl (C=O) groups excluding carboxylic acids is 1. The van der Waals surface area contributed by atoms with Gasteiger partial charge >= 0.3 is 0 Å².